The number of nitrogens with two attached hydrogens (primary N) is 1. The van der Waals surface area contributed by atoms with Gasteiger partial charge in [0.25, 0.3) is 0 Å². The van der Waals surface area contributed by atoms with Crippen molar-refractivity contribution < 1.29 is 34.4 Å². The van der Waals surface area contributed by atoms with Crippen LogP contribution in [0.5, 0.6) is 0 Å². The Balaban J connectivity index is 2.11. The highest BCUT2D eigenvalue weighted by molar-refractivity contribution is 7.53. The van der Waals surface area contributed by atoms with Crippen molar-refractivity contribution in [3.8, 4) is 0 Å². The van der Waals surface area contributed by atoms with Gasteiger partial charge in [0.2, 0.25) is 5.34 Å². The summed E-state index contributed by atoms with van der Waals surface area (Å²) in [6, 6.07) is 0. The molecule has 0 amide bonds. The van der Waals surface area contributed by atoms with E-state index in [0.29, 0.717) is 0 Å². The highest BCUT2D eigenvalue weighted by atomic mass is 31.2. The molecule has 0 bridgehead atoms. The van der Waals surface area contributed by atoms with Crippen LogP contribution in [0.3, 0.4) is 0 Å². The third-order valence-corrected chi connectivity index (χ3v) is 5.26. The molecule has 1 aliphatic heterocycles. The normalized spacial score (nSPS) is 31.8. The smallest absolute Gasteiger partial charge is 0.362 e. The molecule has 0 aromatic carbocycles. The zero-order valence-corrected chi connectivity index (χ0v) is 12.4. The first-order valence-electron chi connectivity index (χ1n) is 6.37. The van der Waals surface area contributed by atoms with E-state index in [1.807, 2.05) is 0 Å². The predicted molar refractivity (Wildman–Crippen MR) is 73.7 cm³/mol. The van der Waals surface area contributed by atoms with Crippen molar-refractivity contribution in [2.45, 2.75) is 23.8 Å². The third-order valence-electron chi connectivity index (χ3n) is 3.78. The van der Waals surface area contributed by atoms with E-state index in [4.69, 9.17) is 10.5 Å². The van der Waals surface area contributed by atoms with Crippen LogP contribution in [0.1, 0.15) is 6.23 Å². The lowest BCUT2D eigenvalue weighted by molar-refractivity contribution is -0.0594. The number of anilines is 1. The molecule has 4 atom stereocenters. The number of nitrogen functional groups attached to an aromatic ring is 1. The first-order valence-corrected chi connectivity index (χ1v) is 7.98. The van der Waals surface area contributed by atoms with Crippen molar-refractivity contribution in [2.75, 3.05) is 12.3 Å². The van der Waals surface area contributed by atoms with Gasteiger partial charge in [-0.25, -0.2) is 15.0 Å². The minimum Gasteiger partial charge on any atom is -0.394 e. The molecule has 12 nitrogen and oxygen atoms in total. The fourth-order valence-electron chi connectivity index (χ4n) is 2.55. The summed E-state index contributed by atoms with van der Waals surface area (Å²) in [4.78, 5) is 30.3. The lowest BCUT2D eigenvalue weighted by Crippen LogP contribution is -2.48. The summed E-state index contributed by atoms with van der Waals surface area (Å²) in [5.41, 5.74) is 5.96. The van der Waals surface area contributed by atoms with Crippen molar-refractivity contribution in [3.05, 3.63) is 12.7 Å². The number of fused-ring (bicyclic) bond motifs is 1. The SMILES string of the molecule is Nc1ncnc2c1ncn2[C@@H]1O[C@H](CO)[C@](O)(P(=O)(O)O)[C@H]1O. The summed E-state index contributed by atoms with van der Waals surface area (Å²) >= 11 is 0. The minimum absolute atomic E-state index is 0.0604. The van der Waals surface area contributed by atoms with Crippen LogP contribution in [-0.4, -0.2) is 68.8 Å². The molecule has 1 fully saturated rings. The standard InChI is InChI=1S/C10H14N5O7P/c11-7-5-8(13-2-12-7)15(3-14-5)9-6(17)10(18,23(19,20)21)4(1-16)22-9/h2-4,6,9,16-18H,1H2,(H2,11,12,13)(H2,19,20,21)/t4-,6+,9-,10+/m1/s1. The molecule has 0 unspecified atom stereocenters. The quantitative estimate of drug-likeness (QED) is 0.321. The second-order valence-electron chi connectivity index (χ2n) is 5.05. The Kier molecular flexibility index (Phi) is 3.65. The van der Waals surface area contributed by atoms with Gasteiger partial charge < -0.3 is 35.6 Å². The first-order chi connectivity index (χ1) is 10.7. The van der Waals surface area contributed by atoms with Crippen LogP contribution in [0.15, 0.2) is 12.7 Å². The average Bonchev–Trinajstić information content (AvgIpc) is 3.01. The summed E-state index contributed by atoms with van der Waals surface area (Å²) in [7, 11) is -5.23. The van der Waals surface area contributed by atoms with E-state index in [1.54, 1.807) is 0 Å². The van der Waals surface area contributed by atoms with Crippen molar-refractivity contribution in [2.24, 2.45) is 0 Å². The van der Waals surface area contributed by atoms with Gasteiger partial charge in [0.05, 0.1) is 12.9 Å². The summed E-state index contributed by atoms with van der Waals surface area (Å²) in [5, 5.41) is 26.8. The molecule has 0 radical (unpaired) electrons. The fraction of sp³-hybridized carbons (Fsp3) is 0.500. The highest BCUT2D eigenvalue weighted by Gasteiger charge is 2.65. The van der Waals surface area contributed by atoms with Gasteiger partial charge in [-0.3, -0.25) is 9.13 Å². The molecule has 1 saturated heterocycles. The van der Waals surface area contributed by atoms with Crippen molar-refractivity contribution in [3.63, 3.8) is 0 Å². The number of hydrogen-bond acceptors (Lipinski definition) is 9. The molecule has 7 N–H and O–H groups in total. The van der Waals surface area contributed by atoms with Gasteiger partial charge in [-0.2, -0.15) is 0 Å². The van der Waals surface area contributed by atoms with E-state index in [0.717, 1.165) is 10.9 Å². The number of aliphatic hydroxyl groups is 3. The molecule has 2 aromatic heterocycles. The molecule has 0 aliphatic carbocycles. The Bertz CT molecular complexity index is 793. The fourth-order valence-corrected chi connectivity index (χ4v) is 3.54. The lowest BCUT2D eigenvalue weighted by Gasteiger charge is -2.30. The molecule has 126 valence electrons. The third kappa shape index (κ3) is 2.16. The molecule has 3 rings (SSSR count). The molecule has 13 heteroatoms. The zero-order valence-electron chi connectivity index (χ0n) is 11.5. The van der Waals surface area contributed by atoms with Gasteiger partial charge in [0, 0.05) is 0 Å². The van der Waals surface area contributed by atoms with Crippen LogP contribution < -0.4 is 5.73 Å². The second-order valence-corrected chi connectivity index (χ2v) is 6.86. The Morgan fingerprint density at radius 1 is 1.39 bits per heavy atom. The lowest BCUT2D eigenvalue weighted by atomic mass is 10.1. The molecule has 1 aliphatic rings. The minimum atomic E-state index is -5.23. The highest BCUT2D eigenvalue weighted by Crippen LogP contribution is 2.59. The predicted octanol–water partition coefficient (Wildman–Crippen LogP) is -2.47. The Hall–Kier alpha value is -1.66. The van der Waals surface area contributed by atoms with E-state index >= 15 is 0 Å². The average molecular weight is 347 g/mol. The summed E-state index contributed by atoms with van der Waals surface area (Å²) < 4.78 is 18.0. The molecule has 3 heterocycles. The van der Waals surface area contributed by atoms with Gasteiger partial charge in [0.15, 0.2) is 17.7 Å². The molecular formula is C10H14N5O7P. The largest absolute Gasteiger partial charge is 0.394 e. The molecule has 0 spiro atoms. The van der Waals surface area contributed by atoms with Crippen LogP contribution in [-0.2, 0) is 9.30 Å². The number of rotatable bonds is 3. The van der Waals surface area contributed by atoms with E-state index in [2.05, 4.69) is 15.0 Å². The topological polar surface area (TPSA) is 197 Å². The Morgan fingerprint density at radius 2 is 2.09 bits per heavy atom. The van der Waals surface area contributed by atoms with E-state index in [9.17, 15) is 29.7 Å². The van der Waals surface area contributed by atoms with E-state index in [1.165, 1.54) is 6.33 Å². The van der Waals surface area contributed by atoms with Gasteiger partial charge in [-0.1, -0.05) is 0 Å². The maximum Gasteiger partial charge on any atom is 0.362 e. The van der Waals surface area contributed by atoms with Crippen molar-refractivity contribution in [1.82, 2.24) is 19.5 Å². The Morgan fingerprint density at radius 3 is 2.65 bits per heavy atom. The second kappa shape index (κ2) is 5.18. The number of imidazole rings is 1. The molecular weight excluding hydrogens is 333 g/mol. The van der Waals surface area contributed by atoms with Gasteiger partial charge >= 0.3 is 7.60 Å². The van der Waals surface area contributed by atoms with Gasteiger partial charge in [-0.05, 0) is 0 Å². The molecule has 23 heavy (non-hydrogen) atoms. The Labute approximate surface area is 128 Å². The number of aromatic nitrogens is 4. The summed E-state index contributed by atoms with van der Waals surface area (Å²) in [6.45, 7) is -0.918. The maximum atomic E-state index is 11.6. The van der Waals surface area contributed by atoms with Gasteiger partial charge in [0.1, 0.15) is 24.1 Å². The number of hydrogen-bond donors (Lipinski definition) is 6. The summed E-state index contributed by atoms with van der Waals surface area (Å²) in [5.74, 6) is 0.0604. The van der Waals surface area contributed by atoms with Gasteiger partial charge in [-0.15, -0.1) is 0 Å². The van der Waals surface area contributed by atoms with Crippen LogP contribution in [0.25, 0.3) is 11.2 Å². The molecule has 0 saturated carbocycles. The number of aliphatic hydroxyl groups excluding tert-OH is 2. The van der Waals surface area contributed by atoms with Crippen LogP contribution in [0.4, 0.5) is 5.82 Å². The molecule has 2 aromatic rings. The van der Waals surface area contributed by atoms with E-state index in [-0.39, 0.29) is 17.0 Å². The van der Waals surface area contributed by atoms with Crippen LogP contribution in [0, 0.1) is 0 Å². The summed E-state index contributed by atoms with van der Waals surface area (Å²) in [6.07, 6.45) is -2.89. The zero-order chi connectivity index (χ0) is 17.0. The monoisotopic (exact) mass is 347 g/mol. The first kappa shape index (κ1) is 16.2. The number of nitrogens with zero attached hydrogens (tertiary/aromatic N) is 4. The number of ether oxygens (including phenoxy) is 1. The maximum absolute atomic E-state index is 11.6. The van der Waals surface area contributed by atoms with Crippen LogP contribution >= 0.6 is 7.60 Å². The van der Waals surface area contributed by atoms with Crippen molar-refractivity contribution in [1.29, 1.82) is 0 Å². The van der Waals surface area contributed by atoms with E-state index < -0.39 is 38.0 Å². The van der Waals surface area contributed by atoms with Crippen LogP contribution in [0.2, 0.25) is 0 Å². The van der Waals surface area contributed by atoms with Crippen molar-refractivity contribution >= 4 is 24.6 Å².